The summed E-state index contributed by atoms with van der Waals surface area (Å²) in [7, 11) is 1.84. The van der Waals surface area contributed by atoms with E-state index in [-0.39, 0.29) is 10.5 Å². The summed E-state index contributed by atoms with van der Waals surface area (Å²) in [4.78, 5) is 22.5. The summed E-state index contributed by atoms with van der Waals surface area (Å²) in [6.07, 6.45) is 3.17. The number of H-pyrrole nitrogens is 1. The molecule has 10 nitrogen and oxygen atoms in total. The number of sulfonamides is 1. The number of nitrogens with zero attached hydrogens (tertiary/aromatic N) is 6. The summed E-state index contributed by atoms with van der Waals surface area (Å²) >= 11 is 0. The summed E-state index contributed by atoms with van der Waals surface area (Å²) in [6, 6.07) is 1.58. The van der Waals surface area contributed by atoms with Gasteiger partial charge in [-0.05, 0) is 19.5 Å². The van der Waals surface area contributed by atoms with Crippen LogP contribution in [0.3, 0.4) is 0 Å². The van der Waals surface area contributed by atoms with Crippen molar-refractivity contribution in [2.75, 3.05) is 33.2 Å². The molecule has 0 radical (unpaired) electrons. The molecule has 4 rings (SSSR count). The van der Waals surface area contributed by atoms with Crippen molar-refractivity contribution in [1.82, 2.24) is 33.5 Å². The van der Waals surface area contributed by atoms with E-state index in [4.69, 9.17) is 0 Å². The molecule has 0 saturated carbocycles. The summed E-state index contributed by atoms with van der Waals surface area (Å²) in [6.45, 7) is 4.36. The number of rotatable bonds is 5. The van der Waals surface area contributed by atoms with Crippen molar-refractivity contribution in [3.8, 4) is 11.5 Å². The quantitative estimate of drug-likeness (QED) is 0.629. The van der Waals surface area contributed by atoms with E-state index in [0.717, 1.165) is 12.1 Å². The van der Waals surface area contributed by atoms with Crippen molar-refractivity contribution in [2.24, 2.45) is 14.1 Å². The molecular formula is C19H27N7O3S. The third-order valence-electron chi connectivity index (χ3n) is 5.57. The Labute approximate surface area is 175 Å². The Morgan fingerprint density at radius 3 is 2.50 bits per heavy atom. The molecule has 1 fully saturated rings. The molecule has 0 bridgehead atoms. The molecule has 3 aromatic rings. The molecule has 30 heavy (non-hydrogen) atoms. The van der Waals surface area contributed by atoms with E-state index in [1.165, 1.54) is 4.31 Å². The average molecular weight is 434 g/mol. The molecule has 11 heteroatoms. The highest BCUT2D eigenvalue weighted by Gasteiger charge is 2.29. The molecule has 4 heterocycles. The van der Waals surface area contributed by atoms with Crippen molar-refractivity contribution in [3.63, 3.8) is 0 Å². The minimum absolute atomic E-state index is 0.201. The van der Waals surface area contributed by atoms with Gasteiger partial charge in [0.2, 0.25) is 10.0 Å². The maximum atomic E-state index is 13.1. The van der Waals surface area contributed by atoms with E-state index in [0.29, 0.717) is 55.2 Å². The standard InChI is InChI=1S/C19H27N7O3S/c1-5-6-14-16-17(25(4)22-14)19(27)21-18(20-16)15-11-13(12-24(15)3)30(28,29)26-9-7-23(2)8-10-26/h11-12H,5-10H2,1-4H3,(H,20,21,27). The molecule has 0 aliphatic carbocycles. The SMILES string of the molecule is CCCc1nn(C)c2c(=O)[nH]c(-c3cc(S(=O)(=O)N4CCN(C)CC4)cn3C)nc12. The van der Waals surface area contributed by atoms with Gasteiger partial charge in [-0.15, -0.1) is 0 Å². The number of aromatic nitrogens is 5. The van der Waals surface area contributed by atoms with Crippen LogP contribution in [0.5, 0.6) is 0 Å². The fraction of sp³-hybridized carbons (Fsp3) is 0.526. The molecule has 1 aliphatic rings. The highest BCUT2D eigenvalue weighted by Crippen LogP contribution is 2.25. The Kier molecular flexibility index (Phi) is 5.28. The highest BCUT2D eigenvalue weighted by atomic mass is 32.2. The van der Waals surface area contributed by atoms with Gasteiger partial charge in [0.25, 0.3) is 5.56 Å². The summed E-state index contributed by atoms with van der Waals surface area (Å²) in [5.41, 5.74) is 1.98. The minimum atomic E-state index is -3.61. The van der Waals surface area contributed by atoms with Gasteiger partial charge < -0.3 is 14.5 Å². The van der Waals surface area contributed by atoms with Crippen LogP contribution in [0.15, 0.2) is 22.0 Å². The lowest BCUT2D eigenvalue weighted by atomic mass is 10.2. The fourth-order valence-electron chi connectivity index (χ4n) is 3.86. The topological polar surface area (TPSA) is 109 Å². The zero-order valence-corrected chi connectivity index (χ0v) is 18.5. The molecule has 1 saturated heterocycles. The van der Waals surface area contributed by atoms with Gasteiger partial charge in [-0.2, -0.15) is 9.40 Å². The largest absolute Gasteiger partial charge is 0.347 e. The Hall–Kier alpha value is -2.50. The van der Waals surface area contributed by atoms with Crippen LogP contribution in [0.1, 0.15) is 19.0 Å². The first-order valence-electron chi connectivity index (χ1n) is 10.0. The summed E-state index contributed by atoms with van der Waals surface area (Å²) < 4.78 is 30.9. The van der Waals surface area contributed by atoms with Gasteiger partial charge in [0.1, 0.15) is 10.4 Å². The van der Waals surface area contributed by atoms with Crippen LogP contribution in [-0.2, 0) is 30.5 Å². The van der Waals surface area contributed by atoms with E-state index in [1.54, 1.807) is 35.6 Å². The van der Waals surface area contributed by atoms with Crippen LogP contribution in [0.4, 0.5) is 0 Å². The number of fused-ring (bicyclic) bond motifs is 1. The monoisotopic (exact) mass is 433 g/mol. The first-order chi connectivity index (χ1) is 14.2. The molecular weight excluding hydrogens is 406 g/mol. The molecule has 3 aromatic heterocycles. The number of nitrogens with one attached hydrogen (secondary N) is 1. The number of hydrogen-bond acceptors (Lipinski definition) is 6. The van der Waals surface area contributed by atoms with Gasteiger partial charge in [-0.25, -0.2) is 13.4 Å². The highest BCUT2D eigenvalue weighted by molar-refractivity contribution is 7.89. The zero-order valence-electron chi connectivity index (χ0n) is 17.7. The van der Waals surface area contributed by atoms with E-state index < -0.39 is 10.0 Å². The first kappa shape index (κ1) is 20.8. The molecule has 162 valence electrons. The van der Waals surface area contributed by atoms with Gasteiger partial charge in [0.15, 0.2) is 11.3 Å². The maximum Gasteiger partial charge on any atom is 0.277 e. The second-order valence-corrected chi connectivity index (χ2v) is 9.75. The van der Waals surface area contributed by atoms with Gasteiger partial charge in [0.05, 0.1) is 11.4 Å². The van der Waals surface area contributed by atoms with Gasteiger partial charge in [-0.1, -0.05) is 13.3 Å². The number of piperazine rings is 1. The normalized spacial score (nSPS) is 16.5. The van der Waals surface area contributed by atoms with Crippen LogP contribution in [0.25, 0.3) is 22.6 Å². The van der Waals surface area contributed by atoms with E-state index in [2.05, 4.69) is 20.0 Å². The minimum Gasteiger partial charge on any atom is -0.347 e. The van der Waals surface area contributed by atoms with Crippen molar-refractivity contribution >= 4 is 21.1 Å². The van der Waals surface area contributed by atoms with Gasteiger partial charge in [0, 0.05) is 46.5 Å². The molecule has 0 unspecified atom stereocenters. The van der Waals surface area contributed by atoms with Crippen LogP contribution < -0.4 is 5.56 Å². The molecule has 0 amide bonds. The Bertz CT molecular complexity index is 1250. The lowest BCUT2D eigenvalue weighted by Crippen LogP contribution is -2.46. The van der Waals surface area contributed by atoms with Crippen molar-refractivity contribution in [2.45, 2.75) is 24.7 Å². The van der Waals surface area contributed by atoms with E-state index >= 15 is 0 Å². The van der Waals surface area contributed by atoms with Gasteiger partial charge >= 0.3 is 0 Å². The van der Waals surface area contributed by atoms with Crippen LogP contribution in [-0.4, -0.2) is 75.2 Å². The van der Waals surface area contributed by atoms with Crippen LogP contribution in [0.2, 0.25) is 0 Å². The molecule has 0 spiro atoms. The lowest BCUT2D eigenvalue weighted by molar-refractivity contribution is 0.222. The Morgan fingerprint density at radius 1 is 1.13 bits per heavy atom. The van der Waals surface area contributed by atoms with Crippen LogP contribution in [0, 0.1) is 0 Å². The second-order valence-electron chi connectivity index (χ2n) is 7.81. The van der Waals surface area contributed by atoms with E-state index in [1.807, 2.05) is 14.0 Å². The zero-order chi connectivity index (χ0) is 21.6. The van der Waals surface area contributed by atoms with Crippen molar-refractivity contribution < 1.29 is 8.42 Å². The predicted molar refractivity (Wildman–Crippen MR) is 114 cm³/mol. The molecule has 0 aromatic carbocycles. The van der Waals surface area contributed by atoms with Crippen molar-refractivity contribution in [3.05, 3.63) is 28.3 Å². The fourth-order valence-corrected chi connectivity index (χ4v) is 5.36. The predicted octanol–water partition coefficient (Wildman–Crippen LogP) is 0.551. The Balaban J connectivity index is 1.77. The third kappa shape index (κ3) is 3.46. The van der Waals surface area contributed by atoms with Crippen LogP contribution >= 0.6 is 0 Å². The van der Waals surface area contributed by atoms with E-state index in [9.17, 15) is 13.2 Å². The number of aromatic amines is 1. The smallest absolute Gasteiger partial charge is 0.277 e. The van der Waals surface area contributed by atoms with Gasteiger partial charge in [-0.3, -0.25) is 9.48 Å². The maximum absolute atomic E-state index is 13.1. The average Bonchev–Trinajstić information content (AvgIpc) is 3.23. The number of aryl methyl sites for hydroxylation is 3. The van der Waals surface area contributed by atoms with Crippen molar-refractivity contribution in [1.29, 1.82) is 0 Å². The number of likely N-dealkylation sites (N-methyl/N-ethyl adjacent to an activating group) is 1. The number of hydrogen-bond donors (Lipinski definition) is 1. The summed E-state index contributed by atoms with van der Waals surface area (Å²) in [5.74, 6) is 0.334. The molecule has 0 atom stereocenters. The molecule has 1 N–H and O–H groups in total. The first-order valence-corrected chi connectivity index (χ1v) is 11.5. The second kappa shape index (κ2) is 7.64. The Morgan fingerprint density at radius 2 is 1.83 bits per heavy atom. The third-order valence-corrected chi connectivity index (χ3v) is 7.44. The molecule has 1 aliphatic heterocycles. The summed E-state index contributed by atoms with van der Waals surface area (Å²) in [5, 5.41) is 4.43. The lowest BCUT2D eigenvalue weighted by Gasteiger charge is -2.31.